The maximum absolute atomic E-state index is 11.6. The van der Waals surface area contributed by atoms with Crippen LogP contribution in [0, 0.1) is 5.92 Å². The van der Waals surface area contributed by atoms with Crippen molar-refractivity contribution in [3.63, 3.8) is 0 Å². The third-order valence-corrected chi connectivity index (χ3v) is 3.85. The van der Waals surface area contributed by atoms with Gasteiger partial charge in [0.05, 0.1) is 6.54 Å². The second kappa shape index (κ2) is 8.25. The standard InChI is InChI=1S/C13H22N2OS/c1-2-11(7-8-14)5-6-13(16)15-10-12-4-3-9-17-12/h3-4,9,11H,2,5-8,10,14H2,1H3,(H,15,16). The fourth-order valence-corrected chi connectivity index (χ4v) is 2.46. The average molecular weight is 254 g/mol. The average Bonchev–Trinajstić information content (AvgIpc) is 2.85. The molecule has 1 rings (SSSR count). The molecular formula is C13H22N2OS. The number of carbonyl (C=O) groups excluding carboxylic acids is 1. The van der Waals surface area contributed by atoms with Gasteiger partial charge in [-0.1, -0.05) is 19.4 Å². The summed E-state index contributed by atoms with van der Waals surface area (Å²) in [5.41, 5.74) is 5.54. The number of thiophene rings is 1. The molecule has 4 heteroatoms. The van der Waals surface area contributed by atoms with Crippen LogP contribution in [0.1, 0.15) is 37.5 Å². The van der Waals surface area contributed by atoms with Crippen molar-refractivity contribution in [1.82, 2.24) is 5.32 Å². The molecule has 0 aliphatic carbocycles. The Balaban J connectivity index is 2.16. The number of rotatable bonds is 8. The summed E-state index contributed by atoms with van der Waals surface area (Å²) in [7, 11) is 0. The first kappa shape index (κ1) is 14.2. The van der Waals surface area contributed by atoms with Crippen LogP contribution in [-0.2, 0) is 11.3 Å². The molecule has 0 spiro atoms. The molecule has 0 radical (unpaired) electrons. The number of hydrogen-bond donors (Lipinski definition) is 2. The molecule has 17 heavy (non-hydrogen) atoms. The lowest BCUT2D eigenvalue weighted by atomic mass is 9.96. The van der Waals surface area contributed by atoms with Crippen LogP contribution < -0.4 is 11.1 Å². The fraction of sp³-hybridized carbons (Fsp3) is 0.615. The van der Waals surface area contributed by atoms with Crippen molar-refractivity contribution in [3.8, 4) is 0 Å². The molecule has 96 valence electrons. The summed E-state index contributed by atoms with van der Waals surface area (Å²) >= 11 is 1.67. The molecule has 0 bridgehead atoms. The van der Waals surface area contributed by atoms with E-state index in [1.807, 2.05) is 17.5 Å². The van der Waals surface area contributed by atoms with Crippen LogP contribution in [0.25, 0.3) is 0 Å². The minimum Gasteiger partial charge on any atom is -0.351 e. The van der Waals surface area contributed by atoms with Gasteiger partial charge in [-0.3, -0.25) is 4.79 Å². The highest BCUT2D eigenvalue weighted by molar-refractivity contribution is 7.09. The molecule has 1 aromatic heterocycles. The van der Waals surface area contributed by atoms with E-state index in [4.69, 9.17) is 5.73 Å². The molecule has 0 aromatic carbocycles. The molecule has 0 saturated carbocycles. The summed E-state index contributed by atoms with van der Waals surface area (Å²) in [5.74, 6) is 0.737. The zero-order valence-corrected chi connectivity index (χ0v) is 11.3. The summed E-state index contributed by atoms with van der Waals surface area (Å²) in [6.45, 7) is 3.53. The van der Waals surface area contributed by atoms with E-state index in [2.05, 4.69) is 12.2 Å². The van der Waals surface area contributed by atoms with Crippen LogP contribution in [0.5, 0.6) is 0 Å². The van der Waals surface area contributed by atoms with Crippen molar-refractivity contribution in [3.05, 3.63) is 22.4 Å². The van der Waals surface area contributed by atoms with E-state index in [1.54, 1.807) is 11.3 Å². The lowest BCUT2D eigenvalue weighted by Gasteiger charge is -2.12. The van der Waals surface area contributed by atoms with Crippen molar-refractivity contribution in [1.29, 1.82) is 0 Å². The highest BCUT2D eigenvalue weighted by Crippen LogP contribution is 2.14. The summed E-state index contributed by atoms with van der Waals surface area (Å²) in [6, 6.07) is 4.04. The molecule has 0 saturated heterocycles. The van der Waals surface area contributed by atoms with E-state index >= 15 is 0 Å². The normalized spacial score (nSPS) is 12.4. The largest absolute Gasteiger partial charge is 0.351 e. The maximum Gasteiger partial charge on any atom is 0.220 e. The van der Waals surface area contributed by atoms with Gasteiger partial charge in [0.15, 0.2) is 0 Å². The minimum atomic E-state index is 0.147. The summed E-state index contributed by atoms with van der Waals surface area (Å²) in [4.78, 5) is 12.8. The third kappa shape index (κ3) is 5.84. The molecule has 0 aliphatic rings. The highest BCUT2D eigenvalue weighted by atomic mass is 32.1. The first-order valence-electron chi connectivity index (χ1n) is 6.25. The van der Waals surface area contributed by atoms with Gasteiger partial charge >= 0.3 is 0 Å². The van der Waals surface area contributed by atoms with Gasteiger partial charge in [0, 0.05) is 11.3 Å². The van der Waals surface area contributed by atoms with Gasteiger partial charge in [-0.25, -0.2) is 0 Å². The Morgan fingerprint density at radius 3 is 2.94 bits per heavy atom. The van der Waals surface area contributed by atoms with E-state index in [-0.39, 0.29) is 5.91 Å². The molecule has 3 N–H and O–H groups in total. The van der Waals surface area contributed by atoms with Gasteiger partial charge in [0.1, 0.15) is 0 Å². The Bertz CT molecular complexity index is 311. The zero-order chi connectivity index (χ0) is 12.5. The number of nitrogens with one attached hydrogen (secondary N) is 1. The van der Waals surface area contributed by atoms with E-state index in [0.717, 1.165) is 25.8 Å². The van der Waals surface area contributed by atoms with Crippen LogP contribution in [0.3, 0.4) is 0 Å². The molecule has 1 aromatic rings. The van der Waals surface area contributed by atoms with Gasteiger partial charge in [0.2, 0.25) is 5.91 Å². The molecular weight excluding hydrogens is 232 g/mol. The lowest BCUT2D eigenvalue weighted by Crippen LogP contribution is -2.23. The van der Waals surface area contributed by atoms with Crippen molar-refractivity contribution in [2.24, 2.45) is 11.7 Å². The summed E-state index contributed by atoms with van der Waals surface area (Å²) in [6.07, 6.45) is 3.69. The topological polar surface area (TPSA) is 55.1 Å². The van der Waals surface area contributed by atoms with E-state index in [9.17, 15) is 4.79 Å². The van der Waals surface area contributed by atoms with Crippen molar-refractivity contribution in [2.75, 3.05) is 6.54 Å². The van der Waals surface area contributed by atoms with E-state index < -0.39 is 0 Å². The van der Waals surface area contributed by atoms with Crippen LogP contribution in [0.2, 0.25) is 0 Å². The SMILES string of the molecule is CCC(CCN)CCC(=O)NCc1cccs1. The predicted molar refractivity (Wildman–Crippen MR) is 72.9 cm³/mol. The third-order valence-electron chi connectivity index (χ3n) is 2.97. The molecule has 0 fully saturated rings. The van der Waals surface area contributed by atoms with Crippen molar-refractivity contribution >= 4 is 17.2 Å². The zero-order valence-electron chi connectivity index (χ0n) is 10.4. The van der Waals surface area contributed by atoms with E-state index in [1.165, 1.54) is 4.88 Å². The maximum atomic E-state index is 11.6. The fourth-order valence-electron chi connectivity index (χ4n) is 1.81. The van der Waals surface area contributed by atoms with Gasteiger partial charge in [-0.2, -0.15) is 0 Å². The minimum absolute atomic E-state index is 0.147. The molecule has 0 aliphatic heterocycles. The Labute approximate surface area is 107 Å². The van der Waals surface area contributed by atoms with Crippen LogP contribution in [0.4, 0.5) is 0 Å². The van der Waals surface area contributed by atoms with Crippen LogP contribution >= 0.6 is 11.3 Å². The second-order valence-electron chi connectivity index (χ2n) is 4.25. The number of carbonyl (C=O) groups is 1. The first-order valence-corrected chi connectivity index (χ1v) is 7.13. The van der Waals surface area contributed by atoms with Gasteiger partial charge < -0.3 is 11.1 Å². The highest BCUT2D eigenvalue weighted by Gasteiger charge is 2.08. The first-order chi connectivity index (χ1) is 8.26. The Hall–Kier alpha value is -0.870. The van der Waals surface area contributed by atoms with E-state index in [0.29, 0.717) is 18.9 Å². The quantitative estimate of drug-likeness (QED) is 0.749. The number of hydrogen-bond acceptors (Lipinski definition) is 3. The number of nitrogens with two attached hydrogens (primary N) is 1. The molecule has 1 heterocycles. The van der Waals surface area contributed by atoms with Gasteiger partial charge in [0.25, 0.3) is 0 Å². The lowest BCUT2D eigenvalue weighted by molar-refractivity contribution is -0.121. The van der Waals surface area contributed by atoms with Crippen LogP contribution in [0.15, 0.2) is 17.5 Å². The smallest absolute Gasteiger partial charge is 0.220 e. The Morgan fingerprint density at radius 2 is 2.35 bits per heavy atom. The molecule has 1 atom stereocenters. The second-order valence-corrected chi connectivity index (χ2v) is 5.28. The molecule has 3 nitrogen and oxygen atoms in total. The van der Waals surface area contributed by atoms with Gasteiger partial charge in [-0.05, 0) is 36.8 Å². The van der Waals surface area contributed by atoms with Crippen molar-refractivity contribution in [2.45, 2.75) is 39.2 Å². The molecule has 1 unspecified atom stereocenters. The monoisotopic (exact) mass is 254 g/mol. The van der Waals surface area contributed by atoms with Gasteiger partial charge in [-0.15, -0.1) is 11.3 Å². The number of amides is 1. The predicted octanol–water partition coefficient (Wildman–Crippen LogP) is 2.52. The van der Waals surface area contributed by atoms with Crippen molar-refractivity contribution < 1.29 is 4.79 Å². The Morgan fingerprint density at radius 1 is 1.53 bits per heavy atom. The van der Waals surface area contributed by atoms with Crippen LogP contribution in [-0.4, -0.2) is 12.5 Å². The molecule has 1 amide bonds. The summed E-state index contributed by atoms with van der Waals surface area (Å²) in [5, 5.41) is 4.97. The summed E-state index contributed by atoms with van der Waals surface area (Å²) < 4.78 is 0. The Kier molecular flexibility index (Phi) is 6.89.